The van der Waals surface area contributed by atoms with Crippen molar-refractivity contribution in [2.75, 3.05) is 33.5 Å². The van der Waals surface area contributed by atoms with Crippen molar-refractivity contribution in [2.45, 2.75) is 163 Å². The van der Waals surface area contributed by atoms with Gasteiger partial charge in [-0.1, -0.05) is 136 Å². The van der Waals surface area contributed by atoms with E-state index >= 15 is 0 Å². The Balaban J connectivity index is -0.000000150. The van der Waals surface area contributed by atoms with E-state index in [9.17, 15) is 5.11 Å². The minimum atomic E-state index is -1.12. The van der Waals surface area contributed by atoms with E-state index in [2.05, 4.69) is 51.2 Å². The molecule has 2 N–H and O–H groups in total. The molecule has 2 aliphatic rings. The predicted molar refractivity (Wildman–Crippen MR) is 189 cm³/mol. The Labute approximate surface area is 266 Å². The molecular weight excluding hydrogens is 524 g/mol. The van der Waals surface area contributed by atoms with Crippen LogP contribution in [0.25, 0.3) is 0 Å². The highest BCUT2D eigenvalue weighted by Gasteiger charge is 2.59. The highest BCUT2D eigenvalue weighted by atomic mass is 16.7. The molecule has 1 saturated carbocycles. The molecule has 0 bridgehead atoms. The van der Waals surface area contributed by atoms with Gasteiger partial charge in [0.05, 0.1) is 19.8 Å². The minimum absolute atomic E-state index is 0.0262. The number of hydrogen-bond donors (Lipinski definition) is 2. The molecule has 1 spiro atoms. The zero-order chi connectivity index (χ0) is 35.2. The number of hydrogen-bond acceptors (Lipinski definition) is 5. The Morgan fingerprint density at radius 3 is 1.55 bits per heavy atom. The van der Waals surface area contributed by atoms with Crippen LogP contribution in [-0.2, 0) is 14.2 Å². The second-order valence-electron chi connectivity index (χ2n) is 11.2. The number of rotatable bonds is 2. The van der Waals surface area contributed by atoms with E-state index in [1.54, 1.807) is 13.2 Å². The number of methoxy groups -OCH3 is 1. The minimum Gasteiger partial charge on any atom is -0.392 e. The van der Waals surface area contributed by atoms with E-state index in [4.69, 9.17) is 14.6 Å². The van der Waals surface area contributed by atoms with E-state index < -0.39 is 16.8 Å². The molecule has 5 heteroatoms. The molecule has 258 valence electrons. The van der Waals surface area contributed by atoms with Crippen LogP contribution in [0.4, 0.5) is 0 Å². The fourth-order valence-corrected chi connectivity index (χ4v) is 3.79. The van der Waals surface area contributed by atoms with Gasteiger partial charge in [0, 0.05) is 43.3 Å². The lowest BCUT2D eigenvalue weighted by atomic mass is 9.58. The predicted octanol–water partition coefficient (Wildman–Crippen LogP) is 10.3. The average molecular weight is 605 g/mol. The number of allylic oxidation sites excluding steroid dienone is 1. The standard InChI is InChI=1S/C20H32O4.C4H10.C3H8O.5C2H6/c1-15(8-10-21)7-9-20(22)16(2)11-19(12-18(20,5)6)23-13-17(3,4)14-24-19;1-4(2)3;1-3-4-2;5*1-2/h8,16,21-22H,10-14H2,1-6H3;4H,1-3H3;3H2,1-2H3;5*1-2H3/b15-8-;;;;;;;. The van der Waals surface area contributed by atoms with Crippen LogP contribution in [0.15, 0.2) is 11.6 Å². The molecule has 0 aromatic rings. The maximum atomic E-state index is 11.3. The third-order valence-electron chi connectivity index (χ3n) is 5.66. The van der Waals surface area contributed by atoms with Gasteiger partial charge in [0.25, 0.3) is 0 Å². The lowest BCUT2D eigenvalue weighted by Gasteiger charge is -2.56. The molecule has 5 nitrogen and oxygen atoms in total. The van der Waals surface area contributed by atoms with Crippen LogP contribution in [0.5, 0.6) is 0 Å². The van der Waals surface area contributed by atoms with Crippen molar-refractivity contribution >= 4 is 0 Å². The lowest BCUT2D eigenvalue weighted by Crippen LogP contribution is -2.62. The fraction of sp³-hybridized carbons (Fsp3) is 0.892. The first-order chi connectivity index (χ1) is 19.6. The van der Waals surface area contributed by atoms with E-state index in [0.29, 0.717) is 26.1 Å². The molecule has 2 rings (SSSR count). The normalized spacial score (nSPS) is 22.0. The van der Waals surface area contributed by atoms with Gasteiger partial charge in [0.1, 0.15) is 5.60 Å². The SMILES string of the molecule is C/C(C#CC1(O)C(C)CC2(CC1(C)C)OCC(C)(C)CO2)=C/CO.CC.CC.CC.CC.CC.CC(C)C.CCOC. The van der Waals surface area contributed by atoms with Crippen molar-refractivity contribution in [2.24, 2.45) is 22.7 Å². The Hall–Kier alpha value is -0.900. The summed E-state index contributed by atoms with van der Waals surface area (Å²) in [6, 6.07) is 0. The van der Waals surface area contributed by atoms with Crippen LogP contribution in [0.3, 0.4) is 0 Å². The maximum Gasteiger partial charge on any atom is 0.169 e. The Kier molecular flexibility index (Phi) is 40.3. The van der Waals surface area contributed by atoms with Gasteiger partial charge in [0.2, 0.25) is 0 Å². The maximum absolute atomic E-state index is 11.3. The van der Waals surface area contributed by atoms with Gasteiger partial charge in [0.15, 0.2) is 5.79 Å². The highest BCUT2D eigenvalue weighted by Crippen LogP contribution is 2.53. The number of ether oxygens (including phenoxy) is 3. The quantitative estimate of drug-likeness (QED) is 0.307. The van der Waals surface area contributed by atoms with Crippen LogP contribution in [-0.4, -0.2) is 55.1 Å². The summed E-state index contributed by atoms with van der Waals surface area (Å²) in [5.41, 5.74) is -0.805. The largest absolute Gasteiger partial charge is 0.392 e. The monoisotopic (exact) mass is 605 g/mol. The van der Waals surface area contributed by atoms with Gasteiger partial charge in [-0.25, -0.2) is 0 Å². The molecule has 2 atom stereocenters. The molecule has 1 heterocycles. The van der Waals surface area contributed by atoms with E-state index in [0.717, 1.165) is 18.1 Å². The topological polar surface area (TPSA) is 68.2 Å². The summed E-state index contributed by atoms with van der Waals surface area (Å²) >= 11 is 0. The van der Waals surface area contributed by atoms with Crippen LogP contribution in [0, 0.1) is 34.5 Å². The van der Waals surface area contributed by atoms with Crippen molar-refractivity contribution in [3.63, 3.8) is 0 Å². The molecule has 2 unspecified atom stereocenters. The van der Waals surface area contributed by atoms with E-state index in [1.165, 1.54) is 0 Å². The van der Waals surface area contributed by atoms with Crippen LogP contribution >= 0.6 is 0 Å². The Bertz CT molecular complexity index is 626. The zero-order valence-electron chi connectivity index (χ0n) is 32.6. The van der Waals surface area contributed by atoms with Crippen molar-refractivity contribution in [1.29, 1.82) is 0 Å². The van der Waals surface area contributed by atoms with Crippen molar-refractivity contribution in [1.82, 2.24) is 0 Å². The smallest absolute Gasteiger partial charge is 0.169 e. The van der Waals surface area contributed by atoms with Gasteiger partial charge in [-0.05, 0) is 31.4 Å². The van der Waals surface area contributed by atoms with Crippen molar-refractivity contribution < 1.29 is 24.4 Å². The van der Waals surface area contributed by atoms with Gasteiger partial charge < -0.3 is 24.4 Å². The third-order valence-corrected chi connectivity index (χ3v) is 5.66. The molecule has 0 radical (unpaired) electrons. The first kappa shape index (κ1) is 53.6. The van der Waals surface area contributed by atoms with Gasteiger partial charge in [-0.15, -0.1) is 0 Å². The molecule has 2 fully saturated rings. The molecule has 42 heavy (non-hydrogen) atoms. The zero-order valence-corrected chi connectivity index (χ0v) is 32.6. The lowest BCUT2D eigenvalue weighted by molar-refractivity contribution is -0.341. The molecule has 0 aromatic heterocycles. The van der Waals surface area contributed by atoms with Gasteiger partial charge in [-0.2, -0.15) is 0 Å². The Morgan fingerprint density at radius 1 is 0.905 bits per heavy atom. The first-order valence-corrected chi connectivity index (χ1v) is 16.9. The second kappa shape index (κ2) is 31.5. The third kappa shape index (κ3) is 23.5. The molecule has 0 aromatic carbocycles. The second-order valence-corrected chi connectivity index (χ2v) is 11.2. The van der Waals surface area contributed by atoms with Crippen molar-refractivity contribution in [3.8, 4) is 11.8 Å². The summed E-state index contributed by atoms with van der Waals surface area (Å²) in [6.07, 6.45) is 2.88. The summed E-state index contributed by atoms with van der Waals surface area (Å²) in [7, 11) is 1.68. The molecule has 0 amide bonds. The summed E-state index contributed by atoms with van der Waals surface area (Å²) < 4.78 is 16.9. The highest BCUT2D eigenvalue weighted by molar-refractivity contribution is 5.33. The van der Waals surface area contributed by atoms with Crippen molar-refractivity contribution in [3.05, 3.63) is 11.6 Å². The first-order valence-electron chi connectivity index (χ1n) is 16.9. The molecule has 1 aliphatic heterocycles. The molecule has 1 aliphatic carbocycles. The number of aliphatic hydroxyl groups excluding tert-OH is 1. The van der Waals surface area contributed by atoms with E-state index in [-0.39, 0.29) is 17.9 Å². The molecular formula is C37H80O5. The van der Waals surface area contributed by atoms with Gasteiger partial charge >= 0.3 is 0 Å². The van der Waals surface area contributed by atoms with Crippen LogP contribution in [0.2, 0.25) is 0 Å². The average Bonchev–Trinajstić information content (AvgIpc) is 2.98. The summed E-state index contributed by atoms with van der Waals surface area (Å²) in [5.74, 6) is 6.20. The molecule has 1 saturated heterocycles. The van der Waals surface area contributed by atoms with Crippen LogP contribution < -0.4 is 0 Å². The summed E-state index contributed by atoms with van der Waals surface area (Å²) in [4.78, 5) is 0. The van der Waals surface area contributed by atoms with Gasteiger partial charge in [-0.3, -0.25) is 0 Å². The number of aliphatic hydroxyl groups is 2. The summed E-state index contributed by atoms with van der Waals surface area (Å²) in [5, 5.41) is 20.3. The summed E-state index contributed by atoms with van der Waals surface area (Å²) in [6.45, 7) is 42.7. The van der Waals surface area contributed by atoms with E-state index in [1.807, 2.05) is 104 Å². The Morgan fingerprint density at radius 2 is 1.26 bits per heavy atom. The fourth-order valence-electron chi connectivity index (χ4n) is 3.79. The van der Waals surface area contributed by atoms with Crippen LogP contribution in [0.1, 0.15) is 151 Å².